The van der Waals surface area contributed by atoms with E-state index in [1.54, 1.807) is 0 Å². The minimum atomic E-state index is -0.335. The van der Waals surface area contributed by atoms with Crippen molar-refractivity contribution in [2.75, 3.05) is 0 Å². The molecule has 0 aromatic rings. The van der Waals surface area contributed by atoms with Crippen LogP contribution in [-0.4, -0.2) is 23.3 Å². The topological polar surface area (TPSA) is 46.5 Å². The maximum Gasteiger partial charge on any atom is 0.302 e. The molecule has 0 fully saturated rings. The Balaban J connectivity index is 1.91. The fourth-order valence-corrected chi connectivity index (χ4v) is 6.43. The van der Waals surface area contributed by atoms with Crippen LogP contribution in [0.25, 0.3) is 0 Å². The highest BCUT2D eigenvalue weighted by atomic mass is 16.5. The monoisotopic (exact) mass is 610 g/mol. The smallest absolute Gasteiger partial charge is 0.302 e. The van der Waals surface area contributed by atoms with Gasteiger partial charge in [0.15, 0.2) is 0 Å². The zero-order valence-electron chi connectivity index (χ0n) is 29.8. The van der Waals surface area contributed by atoms with Crippen LogP contribution in [0.2, 0.25) is 0 Å². The molecule has 3 nitrogen and oxygen atoms in total. The van der Waals surface area contributed by atoms with E-state index in [2.05, 4.69) is 154 Å². The van der Waals surface area contributed by atoms with Crippen LogP contribution in [-0.2, 0) is 9.53 Å². The van der Waals surface area contributed by atoms with Crippen LogP contribution in [0.1, 0.15) is 95.4 Å². The van der Waals surface area contributed by atoms with Gasteiger partial charge in [0.05, 0.1) is 6.10 Å². The molecule has 0 aromatic heterocycles. The number of carbonyl (C=O) groups excluding carboxylic acids is 1. The molecule has 0 heterocycles. The summed E-state index contributed by atoms with van der Waals surface area (Å²) in [5, 5.41) is 10.1. The third kappa shape index (κ3) is 13.2. The highest BCUT2D eigenvalue weighted by Crippen LogP contribution is 2.43. The second kappa shape index (κ2) is 17.3. The standard InChI is InChI=1S/C42H58O3/c1-30(18-14-20-32(3)22-24-39-34(5)26-37(44)28-41(39,8)9)16-12-13-17-31(2)19-15-21-33(4)23-25-40-35(6)27-38(45-36(7)43)29-42(40,10)11/h12-26,37-39,44H,27-29H2,1-11H3. The molecule has 3 heteroatoms. The van der Waals surface area contributed by atoms with E-state index in [1.165, 1.54) is 45.9 Å². The molecule has 3 unspecified atom stereocenters. The average Bonchev–Trinajstić information content (AvgIpc) is 2.88. The molecule has 2 rings (SSSR count). The number of hydrogen-bond donors (Lipinski definition) is 1. The molecule has 0 radical (unpaired) electrons. The zero-order valence-corrected chi connectivity index (χ0v) is 29.8. The molecular formula is C42H58O3. The highest BCUT2D eigenvalue weighted by Gasteiger charge is 2.35. The minimum Gasteiger partial charge on any atom is -0.462 e. The quantitative estimate of drug-likeness (QED) is 0.144. The van der Waals surface area contributed by atoms with Crippen LogP contribution in [0.3, 0.4) is 0 Å². The van der Waals surface area contributed by atoms with Crippen molar-refractivity contribution in [1.82, 2.24) is 0 Å². The van der Waals surface area contributed by atoms with Gasteiger partial charge in [-0.2, -0.15) is 0 Å². The van der Waals surface area contributed by atoms with Crippen molar-refractivity contribution in [2.45, 2.75) is 108 Å². The van der Waals surface area contributed by atoms with E-state index in [0.29, 0.717) is 5.92 Å². The number of esters is 1. The first kappa shape index (κ1) is 37.8. The van der Waals surface area contributed by atoms with E-state index in [1.807, 2.05) is 6.08 Å². The van der Waals surface area contributed by atoms with Gasteiger partial charge in [0, 0.05) is 19.3 Å². The number of ether oxygens (including phenoxy) is 1. The Kier molecular flexibility index (Phi) is 14.5. The summed E-state index contributed by atoms with van der Waals surface area (Å²) in [7, 11) is 0. The summed E-state index contributed by atoms with van der Waals surface area (Å²) in [6, 6.07) is 0. The highest BCUT2D eigenvalue weighted by molar-refractivity contribution is 5.66. The van der Waals surface area contributed by atoms with Gasteiger partial charge in [-0.1, -0.05) is 152 Å². The Morgan fingerprint density at radius 1 is 0.778 bits per heavy atom. The van der Waals surface area contributed by atoms with E-state index in [0.717, 1.165) is 19.3 Å². The molecule has 2 aliphatic carbocycles. The number of aliphatic hydroxyl groups excluding tert-OH is 1. The van der Waals surface area contributed by atoms with Gasteiger partial charge in [-0.3, -0.25) is 4.79 Å². The molecular weight excluding hydrogens is 552 g/mol. The van der Waals surface area contributed by atoms with Crippen LogP contribution >= 0.6 is 0 Å². The Bertz CT molecular complexity index is 1390. The van der Waals surface area contributed by atoms with Crippen LogP contribution in [0.4, 0.5) is 0 Å². The first-order valence-electron chi connectivity index (χ1n) is 16.3. The first-order valence-corrected chi connectivity index (χ1v) is 16.3. The fraction of sp³-hybridized carbons (Fsp3) is 0.452. The lowest BCUT2D eigenvalue weighted by Crippen LogP contribution is -2.32. The van der Waals surface area contributed by atoms with Gasteiger partial charge < -0.3 is 9.84 Å². The maximum atomic E-state index is 11.4. The van der Waals surface area contributed by atoms with Crippen LogP contribution < -0.4 is 0 Å². The SMILES string of the molecule is CC(=O)OC1CC(C)=C(C=CC(C)=CC=CC(C)=CC=CC=C(C)C=CC=C(C)C=CC2C(C)=CC(O)CC2(C)C)C(C)(C)C1. The lowest BCUT2D eigenvalue weighted by Gasteiger charge is -2.38. The molecule has 0 aromatic carbocycles. The lowest BCUT2D eigenvalue weighted by molar-refractivity contribution is -0.147. The summed E-state index contributed by atoms with van der Waals surface area (Å²) in [4.78, 5) is 11.4. The molecule has 0 spiro atoms. The molecule has 244 valence electrons. The predicted octanol–water partition coefficient (Wildman–Crippen LogP) is 11.0. The Morgan fingerprint density at radius 2 is 1.29 bits per heavy atom. The number of aliphatic hydroxyl groups is 1. The van der Waals surface area contributed by atoms with E-state index < -0.39 is 0 Å². The van der Waals surface area contributed by atoms with Gasteiger partial charge >= 0.3 is 5.97 Å². The molecule has 0 amide bonds. The van der Waals surface area contributed by atoms with Crippen LogP contribution in [0.15, 0.2) is 130 Å². The van der Waals surface area contributed by atoms with Crippen molar-refractivity contribution >= 4 is 5.97 Å². The predicted molar refractivity (Wildman–Crippen MR) is 194 cm³/mol. The summed E-state index contributed by atoms with van der Waals surface area (Å²) in [5.74, 6) is 0.139. The molecule has 3 atom stereocenters. The fourth-order valence-electron chi connectivity index (χ4n) is 6.43. The van der Waals surface area contributed by atoms with Gasteiger partial charge in [-0.25, -0.2) is 0 Å². The summed E-state index contributed by atoms with van der Waals surface area (Å²) in [5.41, 5.74) is 8.62. The average molecular weight is 611 g/mol. The molecule has 2 aliphatic rings. The number of allylic oxidation sites excluding steroid dienone is 20. The van der Waals surface area contributed by atoms with Gasteiger partial charge in [0.1, 0.15) is 6.10 Å². The summed E-state index contributed by atoms with van der Waals surface area (Å²) < 4.78 is 5.51. The van der Waals surface area contributed by atoms with E-state index in [4.69, 9.17) is 4.74 Å². The Hall–Kier alpha value is -3.43. The second-order valence-electron chi connectivity index (χ2n) is 14.3. The molecule has 45 heavy (non-hydrogen) atoms. The second-order valence-corrected chi connectivity index (χ2v) is 14.3. The van der Waals surface area contributed by atoms with Gasteiger partial charge in [0.25, 0.3) is 0 Å². The zero-order chi connectivity index (χ0) is 33.8. The Morgan fingerprint density at radius 3 is 1.80 bits per heavy atom. The van der Waals surface area contributed by atoms with Crippen molar-refractivity contribution in [3.8, 4) is 0 Å². The number of carbonyl (C=O) groups is 1. The summed E-state index contributed by atoms with van der Waals surface area (Å²) >= 11 is 0. The number of rotatable bonds is 11. The van der Waals surface area contributed by atoms with Crippen molar-refractivity contribution in [3.05, 3.63) is 130 Å². The molecule has 0 saturated carbocycles. The van der Waals surface area contributed by atoms with Crippen molar-refractivity contribution < 1.29 is 14.6 Å². The number of hydrogen-bond acceptors (Lipinski definition) is 3. The van der Waals surface area contributed by atoms with E-state index >= 15 is 0 Å². The maximum absolute atomic E-state index is 11.4. The van der Waals surface area contributed by atoms with Crippen molar-refractivity contribution in [3.63, 3.8) is 0 Å². The molecule has 1 N–H and O–H groups in total. The largest absolute Gasteiger partial charge is 0.462 e. The third-order valence-electron chi connectivity index (χ3n) is 8.65. The third-order valence-corrected chi connectivity index (χ3v) is 8.65. The normalized spacial score (nSPS) is 25.4. The van der Waals surface area contributed by atoms with Crippen molar-refractivity contribution in [1.29, 1.82) is 0 Å². The van der Waals surface area contributed by atoms with Crippen molar-refractivity contribution in [2.24, 2.45) is 16.7 Å². The van der Waals surface area contributed by atoms with Gasteiger partial charge in [-0.05, 0) is 70.8 Å². The molecule has 0 saturated heterocycles. The molecule has 0 bridgehead atoms. The summed E-state index contributed by atoms with van der Waals surface area (Å²) in [6.45, 7) is 23.1. The van der Waals surface area contributed by atoms with Crippen LogP contribution in [0.5, 0.6) is 0 Å². The van der Waals surface area contributed by atoms with Gasteiger partial charge in [-0.15, -0.1) is 0 Å². The Labute approximate surface area is 274 Å². The van der Waals surface area contributed by atoms with Gasteiger partial charge in [0.2, 0.25) is 0 Å². The summed E-state index contributed by atoms with van der Waals surface area (Å²) in [6.07, 6.45) is 34.0. The van der Waals surface area contributed by atoms with E-state index in [9.17, 15) is 9.90 Å². The first-order chi connectivity index (χ1) is 21.0. The van der Waals surface area contributed by atoms with E-state index in [-0.39, 0.29) is 29.0 Å². The lowest BCUT2D eigenvalue weighted by atomic mass is 9.67. The van der Waals surface area contributed by atoms with Crippen LogP contribution in [0, 0.1) is 16.7 Å². The molecule has 0 aliphatic heterocycles. The minimum absolute atomic E-state index is 0.0346.